The second-order valence-electron chi connectivity index (χ2n) is 5.99. The SMILES string of the molecule is CCCCCCCCC1CCP(c2ccccc2)C1. The molecule has 1 aromatic carbocycles. The predicted molar refractivity (Wildman–Crippen MR) is 88.8 cm³/mol. The molecule has 0 saturated carbocycles. The summed E-state index contributed by atoms with van der Waals surface area (Å²) >= 11 is 0. The van der Waals surface area contributed by atoms with E-state index in [1.165, 1.54) is 63.7 Å². The van der Waals surface area contributed by atoms with Crippen LogP contribution in [0.25, 0.3) is 0 Å². The Kier molecular flexibility index (Phi) is 6.93. The van der Waals surface area contributed by atoms with Gasteiger partial charge >= 0.3 is 0 Å². The van der Waals surface area contributed by atoms with Crippen molar-refractivity contribution in [2.24, 2.45) is 5.92 Å². The Bertz CT molecular complexity index is 333. The highest BCUT2D eigenvalue weighted by atomic mass is 31.1. The third-order valence-corrected chi connectivity index (χ3v) is 7.16. The zero-order valence-corrected chi connectivity index (χ0v) is 13.4. The molecule has 106 valence electrons. The lowest BCUT2D eigenvalue weighted by atomic mass is 10.00. The molecule has 0 N–H and O–H groups in total. The van der Waals surface area contributed by atoms with Crippen molar-refractivity contribution in [3.05, 3.63) is 30.3 Å². The van der Waals surface area contributed by atoms with Crippen molar-refractivity contribution in [2.45, 2.75) is 58.3 Å². The molecule has 19 heavy (non-hydrogen) atoms. The summed E-state index contributed by atoms with van der Waals surface area (Å²) in [6.07, 6.45) is 14.7. The minimum atomic E-state index is 0.190. The molecule has 1 aliphatic heterocycles. The van der Waals surface area contributed by atoms with Gasteiger partial charge in [-0.05, 0) is 30.0 Å². The molecule has 1 aliphatic rings. The molecule has 0 spiro atoms. The first kappa shape index (κ1) is 15.0. The summed E-state index contributed by atoms with van der Waals surface area (Å²) < 4.78 is 0. The van der Waals surface area contributed by atoms with Crippen molar-refractivity contribution in [2.75, 3.05) is 12.3 Å². The summed E-state index contributed by atoms with van der Waals surface area (Å²) in [5.41, 5.74) is 0. The molecule has 1 saturated heterocycles. The van der Waals surface area contributed by atoms with Gasteiger partial charge in [0, 0.05) is 0 Å². The number of hydrogen-bond donors (Lipinski definition) is 0. The van der Waals surface area contributed by atoms with Crippen molar-refractivity contribution in [3.63, 3.8) is 0 Å². The topological polar surface area (TPSA) is 0 Å². The zero-order chi connectivity index (χ0) is 13.3. The molecule has 2 unspecified atom stereocenters. The van der Waals surface area contributed by atoms with Crippen LogP contribution in [0.4, 0.5) is 0 Å². The maximum atomic E-state index is 2.35. The van der Waals surface area contributed by atoms with E-state index in [2.05, 4.69) is 37.3 Å². The molecule has 0 nitrogen and oxygen atoms in total. The molecule has 0 aromatic heterocycles. The smallest absolute Gasteiger partial charge is 0.0240 e. The maximum Gasteiger partial charge on any atom is -0.0240 e. The van der Waals surface area contributed by atoms with Gasteiger partial charge in [-0.3, -0.25) is 0 Å². The van der Waals surface area contributed by atoms with Gasteiger partial charge in [0.2, 0.25) is 0 Å². The van der Waals surface area contributed by atoms with Crippen molar-refractivity contribution < 1.29 is 0 Å². The highest BCUT2D eigenvalue weighted by Gasteiger charge is 2.24. The number of rotatable bonds is 8. The zero-order valence-electron chi connectivity index (χ0n) is 12.5. The average Bonchev–Trinajstić information content (AvgIpc) is 2.92. The number of hydrogen-bond acceptors (Lipinski definition) is 0. The quantitative estimate of drug-likeness (QED) is 0.430. The van der Waals surface area contributed by atoms with Gasteiger partial charge < -0.3 is 0 Å². The fourth-order valence-corrected chi connectivity index (χ4v) is 6.07. The molecule has 0 amide bonds. The van der Waals surface area contributed by atoms with Crippen LogP contribution in [-0.4, -0.2) is 12.3 Å². The van der Waals surface area contributed by atoms with Crippen molar-refractivity contribution in [3.8, 4) is 0 Å². The van der Waals surface area contributed by atoms with Crippen LogP contribution in [-0.2, 0) is 0 Å². The summed E-state index contributed by atoms with van der Waals surface area (Å²) in [4.78, 5) is 0. The van der Waals surface area contributed by atoms with Crippen LogP contribution in [0.3, 0.4) is 0 Å². The molecule has 0 radical (unpaired) electrons. The first-order chi connectivity index (χ1) is 9.40. The van der Waals surface area contributed by atoms with E-state index in [0.717, 1.165) is 5.92 Å². The van der Waals surface area contributed by atoms with E-state index < -0.39 is 0 Å². The van der Waals surface area contributed by atoms with E-state index in [9.17, 15) is 0 Å². The van der Waals surface area contributed by atoms with Gasteiger partial charge in [0.1, 0.15) is 0 Å². The number of benzene rings is 1. The maximum absolute atomic E-state index is 2.35. The molecule has 0 aliphatic carbocycles. The highest BCUT2D eigenvalue weighted by molar-refractivity contribution is 7.65. The Morgan fingerprint density at radius 1 is 1.00 bits per heavy atom. The van der Waals surface area contributed by atoms with Crippen LogP contribution in [0.5, 0.6) is 0 Å². The van der Waals surface area contributed by atoms with Gasteiger partial charge in [0.15, 0.2) is 0 Å². The van der Waals surface area contributed by atoms with Crippen LogP contribution < -0.4 is 5.30 Å². The molecule has 1 aromatic rings. The minimum Gasteiger partial charge on any atom is -0.0750 e. The van der Waals surface area contributed by atoms with Gasteiger partial charge in [-0.1, -0.05) is 90.1 Å². The van der Waals surface area contributed by atoms with Gasteiger partial charge in [-0.15, -0.1) is 0 Å². The van der Waals surface area contributed by atoms with Crippen LogP contribution in [0, 0.1) is 5.92 Å². The Morgan fingerprint density at radius 3 is 2.53 bits per heavy atom. The molecule has 1 heteroatoms. The standard InChI is InChI=1S/C18H29P/c1-2-3-4-5-6-8-11-17-14-15-19(16-17)18-12-9-7-10-13-18/h7,9-10,12-13,17H,2-6,8,11,14-16H2,1H3. The fraction of sp³-hybridized carbons (Fsp3) is 0.667. The largest absolute Gasteiger partial charge is 0.0750 e. The third kappa shape index (κ3) is 5.27. The average molecular weight is 276 g/mol. The first-order valence-corrected chi connectivity index (χ1v) is 9.91. The molecule has 1 heterocycles. The molecule has 1 fully saturated rings. The predicted octanol–water partition coefficient (Wildman–Crippen LogP) is 5.56. The minimum absolute atomic E-state index is 0.190. The summed E-state index contributed by atoms with van der Waals surface area (Å²) in [6.45, 7) is 2.30. The lowest BCUT2D eigenvalue weighted by Gasteiger charge is -2.12. The molecule has 0 bridgehead atoms. The van der Waals surface area contributed by atoms with Crippen molar-refractivity contribution in [1.82, 2.24) is 0 Å². The highest BCUT2D eigenvalue weighted by Crippen LogP contribution is 2.46. The van der Waals surface area contributed by atoms with Crippen molar-refractivity contribution >= 4 is 13.2 Å². The first-order valence-electron chi connectivity index (χ1n) is 8.20. The van der Waals surface area contributed by atoms with E-state index in [1.54, 1.807) is 5.30 Å². The summed E-state index contributed by atoms with van der Waals surface area (Å²) in [5, 5.41) is 1.64. The van der Waals surface area contributed by atoms with Gasteiger partial charge in [0.05, 0.1) is 0 Å². The van der Waals surface area contributed by atoms with Crippen LogP contribution in [0.1, 0.15) is 58.3 Å². The molecular weight excluding hydrogens is 247 g/mol. The monoisotopic (exact) mass is 276 g/mol. The summed E-state index contributed by atoms with van der Waals surface area (Å²) in [7, 11) is 0.190. The van der Waals surface area contributed by atoms with E-state index in [1.807, 2.05) is 0 Å². The van der Waals surface area contributed by atoms with Crippen LogP contribution in [0.15, 0.2) is 30.3 Å². The Morgan fingerprint density at radius 2 is 1.74 bits per heavy atom. The normalized spacial score (nSPS) is 22.8. The van der Waals surface area contributed by atoms with Crippen LogP contribution >= 0.6 is 7.92 Å². The molecular formula is C18H29P. The lowest BCUT2D eigenvalue weighted by molar-refractivity contribution is 0.491. The van der Waals surface area contributed by atoms with E-state index in [0.29, 0.717) is 0 Å². The Labute approximate surface area is 120 Å². The van der Waals surface area contributed by atoms with E-state index >= 15 is 0 Å². The summed E-state index contributed by atoms with van der Waals surface area (Å²) in [6, 6.07) is 11.2. The second kappa shape index (κ2) is 8.75. The molecule has 2 atom stereocenters. The van der Waals surface area contributed by atoms with E-state index in [-0.39, 0.29) is 7.92 Å². The third-order valence-electron chi connectivity index (χ3n) is 4.37. The molecule has 2 rings (SSSR count). The van der Waals surface area contributed by atoms with Gasteiger partial charge in [-0.2, -0.15) is 0 Å². The van der Waals surface area contributed by atoms with Gasteiger partial charge in [-0.25, -0.2) is 0 Å². The fourth-order valence-electron chi connectivity index (χ4n) is 3.15. The number of unbranched alkanes of at least 4 members (excludes halogenated alkanes) is 5. The lowest BCUT2D eigenvalue weighted by Crippen LogP contribution is -2.02. The van der Waals surface area contributed by atoms with Crippen LogP contribution in [0.2, 0.25) is 0 Å². The summed E-state index contributed by atoms with van der Waals surface area (Å²) in [5.74, 6) is 1.04. The van der Waals surface area contributed by atoms with E-state index in [4.69, 9.17) is 0 Å². The van der Waals surface area contributed by atoms with Crippen molar-refractivity contribution in [1.29, 1.82) is 0 Å². The Balaban J connectivity index is 1.60. The Hall–Kier alpha value is -0.350. The second-order valence-corrected chi connectivity index (χ2v) is 8.40. The van der Waals surface area contributed by atoms with Gasteiger partial charge in [0.25, 0.3) is 0 Å².